The molecule has 0 saturated heterocycles. The number of carbonyl (C=O) groups is 5. The molecule has 0 aromatic rings. The molecule has 0 radical (unpaired) electrons. The van der Waals surface area contributed by atoms with Gasteiger partial charge in [-0.25, -0.2) is 0 Å². The molecule has 0 bridgehead atoms. The molecule has 0 aromatic heterocycles. The fraction of sp³-hybridized carbons (Fsp3) is 0.815. The fourth-order valence-electron chi connectivity index (χ4n) is 4.24. The zero-order valence-corrected chi connectivity index (χ0v) is 25.4. The van der Waals surface area contributed by atoms with Crippen molar-refractivity contribution in [1.29, 1.82) is 0 Å². The third kappa shape index (κ3) is 9.65. The molecule has 0 aromatic carbocycles. The van der Waals surface area contributed by atoms with Gasteiger partial charge in [0.2, 0.25) is 23.6 Å². The third-order valence-electron chi connectivity index (χ3n) is 7.15. The molecule has 0 aliphatic rings. The lowest BCUT2D eigenvalue weighted by Gasteiger charge is -2.39. The SMILES string of the molecule is CNC(=O)C(CC(C)C)N(C)C(=O)C(C)NC(C)(C=O)NC(=O)C(C(C)C(C)C)N(C)C(=O)C(N)C(C)C. The van der Waals surface area contributed by atoms with Gasteiger partial charge in [-0.15, -0.1) is 0 Å². The maximum absolute atomic E-state index is 13.6. The van der Waals surface area contributed by atoms with Crippen LogP contribution in [-0.2, 0) is 24.0 Å². The molecule has 0 spiro atoms. The summed E-state index contributed by atoms with van der Waals surface area (Å²) in [6.45, 7) is 16.3. The van der Waals surface area contributed by atoms with Crippen LogP contribution in [0.4, 0.5) is 0 Å². The van der Waals surface area contributed by atoms with Crippen LogP contribution in [0.25, 0.3) is 0 Å². The summed E-state index contributed by atoms with van der Waals surface area (Å²) >= 11 is 0. The summed E-state index contributed by atoms with van der Waals surface area (Å²) in [5.41, 5.74) is 4.46. The van der Waals surface area contributed by atoms with E-state index in [4.69, 9.17) is 5.73 Å². The van der Waals surface area contributed by atoms with Crippen LogP contribution in [0.3, 0.4) is 0 Å². The molecule has 0 heterocycles. The predicted molar refractivity (Wildman–Crippen MR) is 149 cm³/mol. The van der Waals surface area contributed by atoms with E-state index >= 15 is 0 Å². The van der Waals surface area contributed by atoms with Gasteiger partial charge in [-0.05, 0) is 43.9 Å². The van der Waals surface area contributed by atoms with E-state index in [-0.39, 0.29) is 35.5 Å². The lowest BCUT2D eigenvalue weighted by molar-refractivity contribution is -0.145. The van der Waals surface area contributed by atoms with Crippen LogP contribution in [0, 0.1) is 23.7 Å². The summed E-state index contributed by atoms with van der Waals surface area (Å²) < 4.78 is 0. The standard InChI is InChI=1S/C27H52N6O5/c1-15(2)13-20(23(35)29-10)32(11)25(37)19(8)30-27(9,14-34)31-24(36)22(18(7)16(3)4)33(12)26(38)21(28)17(5)6/h14-22,30H,13,28H2,1-12H3,(H,29,35)(H,31,36). The van der Waals surface area contributed by atoms with E-state index in [0.717, 1.165) is 0 Å². The first-order chi connectivity index (χ1) is 17.3. The second-order valence-corrected chi connectivity index (χ2v) is 11.7. The van der Waals surface area contributed by atoms with Crippen LogP contribution in [0.1, 0.15) is 68.7 Å². The Kier molecular flexibility index (Phi) is 14.2. The van der Waals surface area contributed by atoms with Gasteiger partial charge >= 0.3 is 0 Å². The Morgan fingerprint density at radius 2 is 1.39 bits per heavy atom. The topological polar surface area (TPSA) is 154 Å². The first-order valence-corrected chi connectivity index (χ1v) is 13.4. The zero-order chi connectivity index (χ0) is 30.1. The Morgan fingerprint density at radius 1 is 0.868 bits per heavy atom. The van der Waals surface area contributed by atoms with Crippen LogP contribution in [0.2, 0.25) is 0 Å². The number of aldehydes is 1. The van der Waals surface area contributed by atoms with Crippen LogP contribution in [-0.4, -0.2) is 90.7 Å². The summed E-state index contributed by atoms with van der Waals surface area (Å²) in [6.07, 6.45) is 0.974. The summed E-state index contributed by atoms with van der Waals surface area (Å²) in [4.78, 5) is 67.1. The number of hydrogen-bond donors (Lipinski definition) is 4. The Bertz CT molecular complexity index is 833. The first-order valence-electron chi connectivity index (χ1n) is 13.4. The summed E-state index contributed by atoms with van der Waals surface area (Å²) in [5, 5.41) is 8.19. The molecular weight excluding hydrogens is 488 g/mol. The smallest absolute Gasteiger partial charge is 0.244 e. The van der Waals surface area contributed by atoms with Gasteiger partial charge in [0.15, 0.2) is 6.29 Å². The van der Waals surface area contributed by atoms with E-state index in [9.17, 15) is 24.0 Å². The van der Waals surface area contributed by atoms with Crippen LogP contribution in [0.15, 0.2) is 0 Å². The van der Waals surface area contributed by atoms with Crippen molar-refractivity contribution in [1.82, 2.24) is 25.8 Å². The van der Waals surface area contributed by atoms with E-state index < -0.39 is 41.6 Å². The number of rotatable bonds is 15. The van der Waals surface area contributed by atoms with Gasteiger partial charge in [0.1, 0.15) is 17.7 Å². The van der Waals surface area contributed by atoms with Gasteiger partial charge in [0.25, 0.3) is 0 Å². The molecular formula is C27H52N6O5. The van der Waals surface area contributed by atoms with E-state index in [1.54, 1.807) is 14.0 Å². The Labute approximate surface area is 229 Å². The summed E-state index contributed by atoms with van der Waals surface area (Å²) in [6, 6.07) is -3.28. The largest absolute Gasteiger partial charge is 0.357 e. The lowest BCUT2D eigenvalue weighted by Crippen LogP contribution is -2.67. The average molecular weight is 541 g/mol. The zero-order valence-electron chi connectivity index (χ0n) is 25.4. The molecule has 11 nitrogen and oxygen atoms in total. The minimum absolute atomic E-state index is 0.0449. The minimum atomic E-state index is -1.62. The average Bonchev–Trinajstić information content (AvgIpc) is 2.84. The summed E-state index contributed by atoms with van der Waals surface area (Å²) in [5.74, 6) is -1.78. The maximum atomic E-state index is 13.6. The van der Waals surface area contributed by atoms with Crippen molar-refractivity contribution in [2.75, 3.05) is 21.1 Å². The van der Waals surface area contributed by atoms with Crippen molar-refractivity contribution >= 4 is 29.9 Å². The minimum Gasteiger partial charge on any atom is -0.357 e. The second-order valence-electron chi connectivity index (χ2n) is 11.7. The van der Waals surface area contributed by atoms with Gasteiger partial charge < -0.3 is 26.2 Å². The van der Waals surface area contributed by atoms with E-state index in [1.165, 1.54) is 30.8 Å². The third-order valence-corrected chi connectivity index (χ3v) is 7.15. The second kappa shape index (κ2) is 15.2. The molecule has 0 aliphatic heterocycles. The Balaban J connectivity index is 5.92. The van der Waals surface area contributed by atoms with Gasteiger partial charge in [0, 0.05) is 21.1 Å². The normalized spacial score (nSPS) is 17.2. The van der Waals surface area contributed by atoms with Crippen LogP contribution < -0.4 is 21.7 Å². The van der Waals surface area contributed by atoms with Crippen molar-refractivity contribution < 1.29 is 24.0 Å². The molecule has 0 fully saturated rings. The highest BCUT2D eigenvalue weighted by atomic mass is 16.2. The fourth-order valence-corrected chi connectivity index (χ4v) is 4.24. The van der Waals surface area contributed by atoms with Crippen molar-refractivity contribution in [2.45, 2.75) is 98.6 Å². The van der Waals surface area contributed by atoms with Crippen molar-refractivity contribution in [3.05, 3.63) is 0 Å². The van der Waals surface area contributed by atoms with Crippen molar-refractivity contribution in [2.24, 2.45) is 29.4 Å². The highest BCUT2D eigenvalue weighted by molar-refractivity contribution is 5.92. The lowest BCUT2D eigenvalue weighted by atomic mass is 9.87. The van der Waals surface area contributed by atoms with Gasteiger partial charge in [-0.1, -0.05) is 48.5 Å². The quantitative estimate of drug-likeness (QED) is 0.176. The Hall–Kier alpha value is -2.53. The Morgan fingerprint density at radius 3 is 1.79 bits per heavy atom. The number of nitrogens with two attached hydrogens (primary N) is 1. The van der Waals surface area contributed by atoms with E-state index in [1.807, 2.05) is 48.5 Å². The monoisotopic (exact) mass is 540 g/mol. The first kappa shape index (κ1) is 35.5. The van der Waals surface area contributed by atoms with Crippen LogP contribution in [0.5, 0.6) is 0 Å². The number of likely N-dealkylation sites (N-methyl/N-ethyl adjacent to an activating group) is 3. The van der Waals surface area contributed by atoms with Gasteiger partial charge in [-0.2, -0.15) is 0 Å². The van der Waals surface area contributed by atoms with Crippen molar-refractivity contribution in [3.8, 4) is 0 Å². The van der Waals surface area contributed by atoms with E-state index in [2.05, 4.69) is 16.0 Å². The van der Waals surface area contributed by atoms with Crippen molar-refractivity contribution in [3.63, 3.8) is 0 Å². The predicted octanol–water partition coefficient (Wildman–Crippen LogP) is 0.717. The molecule has 0 saturated carbocycles. The molecule has 6 unspecified atom stereocenters. The molecule has 4 amide bonds. The molecule has 38 heavy (non-hydrogen) atoms. The molecule has 0 aliphatic carbocycles. The molecule has 0 rings (SSSR count). The molecule has 220 valence electrons. The summed E-state index contributed by atoms with van der Waals surface area (Å²) in [7, 11) is 4.59. The van der Waals surface area contributed by atoms with Crippen LogP contribution >= 0.6 is 0 Å². The number of nitrogens with zero attached hydrogens (tertiary/aromatic N) is 2. The molecule has 5 N–H and O–H groups in total. The van der Waals surface area contributed by atoms with Gasteiger partial charge in [-0.3, -0.25) is 29.3 Å². The highest BCUT2D eigenvalue weighted by Crippen LogP contribution is 2.21. The number of amides is 4. The number of carbonyl (C=O) groups excluding carboxylic acids is 5. The highest BCUT2D eigenvalue weighted by Gasteiger charge is 2.40. The number of hydrogen-bond acceptors (Lipinski definition) is 7. The number of nitrogens with one attached hydrogen (secondary N) is 3. The van der Waals surface area contributed by atoms with E-state index in [0.29, 0.717) is 12.7 Å². The molecule has 11 heteroatoms. The van der Waals surface area contributed by atoms with Gasteiger partial charge in [0.05, 0.1) is 12.1 Å². The maximum Gasteiger partial charge on any atom is 0.244 e. The molecule has 6 atom stereocenters.